The molecular formula is C23H17Cl2N7. The molecule has 9 heteroatoms. The summed E-state index contributed by atoms with van der Waals surface area (Å²) in [5, 5.41) is 9.78. The van der Waals surface area contributed by atoms with Crippen molar-refractivity contribution in [2.45, 2.75) is 6.54 Å². The molecule has 0 saturated carbocycles. The normalized spacial score (nSPS) is 11.1. The van der Waals surface area contributed by atoms with E-state index >= 15 is 0 Å². The van der Waals surface area contributed by atoms with E-state index in [9.17, 15) is 0 Å². The maximum absolute atomic E-state index is 6.53. The zero-order valence-corrected chi connectivity index (χ0v) is 18.2. The summed E-state index contributed by atoms with van der Waals surface area (Å²) in [6.45, 7) is 0.516. The van der Waals surface area contributed by atoms with Crippen molar-refractivity contribution in [3.05, 3.63) is 88.7 Å². The van der Waals surface area contributed by atoms with Crippen LogP contribution in [0.2, 0.25) is 10.0 Å². The number of aromatic nitrogens is 5. The van der Waals surface area contributed by atoms with Gasteiger partial charge >= 0.3 is 0 Å². The number of nitrogens with zero attached hydrogens (tertiary/aromatic N) is 5. The summed E-state index contributed by atoms with van der Waals surface area (Å²) in [4.78, 5) is 13.5. The lowest BCUT2D eigenvalue weighted by Crippen LogP contribution is -2.05. The minimum atomic E-state index is 0.427. The summed E-state index contributed by atoms with van der Waals surface area (Å²) in [5.74, 6) is 0.855. The van der Waals surface area contributed by atoms with Gasteiger partial charge in [0.15, 0.2) is 5.65 Å². The zero-order chi connectivity index (χ0) is 22.1. The molecule has 0 fully saturated rings. The first-order chi connectivity index (χ1) is 15.6. The average Bonchev–Trinajstić information content (AvgIpc) is 3.15. The molecular weight excluding hydrogens is 445 g/mol. The summed E-state index contributed by atoms with van der Waals surface area (Å²) >= 11 is 12.3. The fraction of sp³-hybridized carbons (Fsp3) is 0.0435. The minimum absolute atomic E-state index is 0.427. The first kappa shape index (κ1) is 20.2. The van der Waals surface area contributed by atoms with E-state index in [2.05, 4.69) is 20.4 Å². The quantitative estimate of drug-likeness (QED) is 0.364. The Labute approximate surface area is 193 Å². The number of nitrogens with one attached hydrogen (secondary N) is 1. The number of fused-ring (bicyclic) bond motifs is 1. The second-order valence-corrected chi connectivity index (χ2v) is 7.97. The first-order valence-corrected chi connectivity index (χ1v) is 10.5. The maximum Gasteiger partial charge on any atom is 0.225 e. The van der Waals surface area contributed by atoms with Gasteiger partial charge < -0.3 is 11.1 Å². The zero-order valence-electron chi connectivity index (χ0n) is 16.7. The lowest BCUT2D eigenvalue weighted by Gasteiger charge is -2.09. The molecule has 0 atom stereocenters. The molecule has 3 aromatic heterocycles. The molecule has 0 radical (unpaired) electrons. The molecule has 0 unspecified atom stereocenters. The van der Waals surface area contributed by atoms with Crippen LogP contribution in [0.15, 0.2) is 73.1 Å². The van der Waals surface area contributed by atoms with Crippen molar-refractivity contribution in [1.29, 1.82) is 0 Å². The lowest BCUT2D eigenvalue weighted by atomic mass is 10.1. The van der Waals surface area contributed by atoms with Gasteiger partial charge in [0, 0.05) is 34.5 Å². The Morgan fingerprint density at radius 3 is 2.53 bits per heavy atom. The van der Waals surface area contributed by atoms with Crippen molar-refractivity contribution in [2.24, 2.45) is 0 Å². The SMILES string of the molecule is Nc1c2c(-c3cccc(Cl)c3)nc(NCc3cccnc3)nc2nn1-c1ccc(Cl)cc1. The summed E-state index contributed by atoms with van der Waals surface area (Å²) in [6, 6.07) is 18.6. The van der Waals surface area contributed by atoms with Crippen molar-refractivity contribution >= 4 is 46.0 Å². The lowest BCUT2D eigenvalue weighted by molar-refractivity contribution is 0.899. The van der Waals surface area contributed by atoms with E-state index < -0.39 is 0 Å². The predicted octanol–water partition coefficient (Wildman–Crippen LogP) is 5.38. The van der Waals surface area contributed by atoms with E-state index in [0.29, 0.717) is 45.1 Å². The van der Waals surface area contributed by atoms with E-state index in [-0.39, 0.29) is 0 Å². The molecule has 7 nitrogen and oxygen atoms in total. The van der Waals surface area contributed by atoms with Gasteiger partial charge in [-0.15, -0.1) is 5.10 Å². The Kier molecular flexibility index (Phi) is 5.34. The minimum Gasteiger partial charge on any atom is -0.383 e. The summed E-state index contributed by atoms with van der Waals surface area (Å²) in [6.07, 6.45) is 3.52. The van der Waals surface area contributed by atoms with Crippen molar-refractivity contribution < 1.29 is 0 Å². The van der Waals surface area contributed by atoms with Crippen LogP contribution >= 0.6 is 23.2 Å². The van der Waals surface area contributed by atoms with E-state index in [1.165, 1.54) is 0 Å². The number of nitrogen functional groups attached to an aromatic ring is 1. The second-order valence-electron chi connectivity index (χ2n) is 7.09. The highest BCUT2D eigenvalue weighted by Gasteiger charge is 2.19. The third kappa shape index (κ3) is 3.95. The van der Waals surface area contributed by atoms with Crippen molar-refractivity contribution in [3.63, 3.8) is 0 Å². The van der Waals surface area contributed by atoms with E-state index in [1.54, 1.807) is 29.2 Å². The molecule has 3 N–H and O–H groups in total. The van der Waals surface area contributed by atoms with E-state index in [0.717, 1.165) is 16.8 Å². The average molecular weight is 462 g/mol. The number of benzene rings is 2. The summed E-state index contributed by atoms with van der Waals surface area (Å²) in [7, 11) is 0. The molecule has 0 saturated heterocycles. The van der Waals surface area contributed by atoms with Crippen LogP contribution in [0.5, 0.6) is 0 Å². The molecule has 0 aliphatic heterocycles. The molecule has 0 aliphatic rings. The highest BCUT2D eigenvalue weighted by molar-refractivity contribution is 6.31. The standard InChI is InChI=1S/C23H17Cl2N7/c24-16-6-8-18(9-7-16)32-21(26)19-20(15-4-1-5-17(25)11-15)29-23(30-22(19)31-32)28-13-14-3-2-10-27-12-14/h1-12H,13,26H2,(H,28,30,31). The van der Waals surface area contributed by atoms with Gasteiger partial charge in [-0.05, 0) is 48.0 Å². The Balaban J connectivity index is 1.65. The molecule has 158 valence electrons. The monoisotopic (exact) mass is 461 g/mol. The van der Waals surface area contributed by atoms with Gasteiger partial charge in [-0.2, -0.15) is 4.98 Å². The van der Waals surface area contributed by atoms with Crippen LogP contribution < -0.4 is 11.1 Å². The van der Waals surface area contributed by atoms with E-state index in [1.807, 2.05) is 48.5 Å². The number of anilines is 2. The number of pyridine rings is 1. The molecule has 3 heterocycles. The third-order valence-corrected chi connectivity index (χ3v) is 5.40. The molecule has 0 spiro atoms. The number of halogens is 2. The smallest absolute Gasteiger partial charge is 0.225 e. The highest BCUT2D eigenvalue weighted by Crippen LogP contribution is 2.34. The largest absolute Gasteiger partial charge is 0.383 e. The topological polar surface area (TPSA) is 94.5 Å². The predicted molar refractivity (Wildman–Crippen MR) is 128 cm³/mol. The van der Waals surface area contributed by atoms with E-state index in [4.69, 9.17) is 33.9 Å². The maximum atomic E-state index is 6.53. The van der Waals surface area contributed by atoms with Crippen LogP contribution in [0.3, 0.4) is 0 Å². The van der Waals surface area contributed by atoms with Crippen LogP contribution in [0, 0.1) is 0 Å². The molecule has 5 aromatic rings. The fourth-order valence-corrected chi connectivity index (χ4v) is 3.71. The van der Waals surface area contributed by atoms with Gasteiger partial charge in [0.1, 0.15) is 5.82 Å². The molecule has 2 aromatic carbocycles. The van der Waals surface area contributed by atoms with Gasteiger partial charge in [-0.25, -0.2) is 9.67 Å². The van der Waals surface area contributed by atoms with Crippen LogP contribution in [0.1, 0.15) is 5.56 Å². The summed E-state index contributed by atoms with van der Waals surface area (Å²) < 4.78 is 1.63. The summed E-state index contributed by atoms with van der Waals surface area (Å²) in [5.41, 5.74) is 10.2. The van der Waals surface area contributed by atoms with Gasteiger partial charge in [-0.1, -0.05) is 41.4 Å². The Morgan fingerprint density at radius 2 is 1.78 bits per heavy atom. The molecule has 0 aliphatic carbocycles. The fourth-order valence-electron chi connectivity index (χ4n) is 3.40. The Morgan fingerprint density at radius 1 is 0.938 bits per heavy atom. The number of rotatable bonds is 5. The van der Waals surface area contributed by atoms with Gasteiger partial charge in [0.05, 0.1) is 16.8 Å². The van der Waals surface area contributed by atoms with Crippen molar-refractivity contribution in [1.82, 2.24) is 24.7 Å². The number of hydrogen-bond acceptors (Lipinski definition) is 6. The van der Waals surface area contributed by atoms with Gasteiger partial charge in [0.2, 0.25) is 5.95 Å². The number of nitrogens with two attached hydrogens (primary N) is 1. The van der Waals surface area contributed by atoms with Gasteiger partial charge in [0.25, 0.3) is 0 Å². The molecule has 5 rings (SSSR count). The van der Waals surface area contributed by atoms with Crippen molar-refractivity contribution in [3.8, 4) is 16.9 Å². The van der Waals surface area contributed by atoms with Crippen LogP contribution in [-0.2, 0) is 6.54 Å². The highest BCUT2D eigenvalue weighted by atomic mass is 35.5. The molecule has 0 bridgehead atoms. The molecule has 0 amide bonds. The Bertz CT molecular complexity index is 1400. The molecule has 32 heavy (non-hydrogen) atoms. The third-order valence-electron chi connectivity index (χ3n) is 4.91. The van der Waals surface area contributed by atoms with Gasteiger partial charge in [-0.3, -0.25) is 4.98 Å². The van der Waals surface area contributed by atoms with Crippen LogP contribution in [-0.4, -0.2) is 24.7 Å². The Hall–Kier alpha value is -3.68. The van der Waals surface area contributed by atoms with Crippen LogP contribution in [0.4, 0.5) is 11.8 Å². The van der Waals surface area contributed by atoms with Crippen molar-refractivity contribution in [2.75, 3.05) is 11.1 Å². The van der Waals surface area contributed by atoms with Crippen LogP contribution in [0.25, 0.3) is 28.0 Å². The number of hydrogen-bond donors (Lipinski definition) is 2. The second kappa shape index (κ2) is 8.45. The first-order valence-electron chi connectivity index (χ1n) is 9.79.